The van der Waals surface area contributed by atoms with Crippen molar-refractivity contribution in [1.82, 2.24) is 21.3 Å². The SMILES string of the molecule is CC1CC2(CC(C3(N)CC3)N1)OCCc1cc(Cl)sc12.CCOC(=O)C1CC1C1CC2(CC(C)N1)OCCc1cc(Cl)sc12.CCOC(=O)C1CC1C1CC2(CC(C)N1)OCCc1cc(Cl)sc12.COCC1(C2CC3(CC(C)N2)OCCc2cc(Cl)sc23)CC1. The first-order chi connectivity index (χ1) is 43.1. The summed E-state index contributed by atoms with van der Waals surface area (Å²) in [7, 11) is 1.82. The number of methoxy groups -OCH3 is 1. The van der Waals surface area contributed by atoms with Crippen molar-refractivity contribution in [3.63, 3.8) is 0 Å². The van der Waals surface area contributed by atoms with Crippen LogP contribution in [0.4, 0.5) is 0 Å². The summed E-state index contributed by atoms with van der Waals surface area (Å²) < 4.78 is 44.9. The highest BCUT2D eigenvalue weighted by Crippen LogP contribution is 2.59. The van der Waals surface area contributed by atoms with Gasteiger partial charge >= 0.3 is 11.9 Å². The van der Waals surface area contributed by atoms with E-state index < -0.39 is 0 Å². The van der Waals surface area contributed by atoms with E-state index in [1.807, 2.05) is 21.0 Å². The number of carbonyl (C=O) groups excluding carboxylic acids is 2. The van der Waals surface area contributed by atoms with Crippen LogP contribution in [0.2, 0.25) is 17.3 Å². The van der Waals surface area contributed by atoms with Crippen LogP contribution in [0, 0.1) is 29.1 Å². The molecule has 0 amide bonds. The number of nitrogens with two attached hydrogens (primary N) is 1. The van der Waals surface area contributed by atoms with Gasteiger partial charge in [0.15, 0.2) is 0 Å². The van der Waals surface area contributed by atoms with Gasteiger partial charge in [0.2, 0.25) is 0 Å². The van der Waals surface area contributed by atoms with Crippen LogP contribution in [0.3, 0.4) is 0 Å². The van der Waals surface area contributed by atoms with Crippen LogP contribution in [-0.4, -0.2) is 119 Å². The molecule has 12 aliphatic rings. The molecule has 6 N–H and O–H groups in total. The van der Waals surface area contributed by atoms with Crippen molar-refractivity contribution in [3.8, 4) is 0 Å². The molecule has 4 spiro atoms. The van der Waals surface area contributed by atoms with E-state index in [0.717, 1.165) is 153 Å². The van der Waals surface area contributed by atoms with Crippen molar-refractivity contribution in [2.75, 3.05) is 53.4 Å². The predicted molar refractivity (Wildman–Crippen MR) is 361 cm³/mol. The normalized spacial score (nSPS) is 37.7. The fraction of sp³-hybridized carbons (Fsp3) is 0.735. The molecule has 16 atom stereocenters. The third kappa shape index (κ3) is 13.7. The zero-order valence-corrected chi connectivity index (χ0v) is 59.6. The lowest BCUT2D eigenvalue weighted by Crippen LogP contribution is -2.60. The lowest BCUT2D eigenvalue weighted by Gasteiger charge is -2.48. The highest BCUT2D eigenvalue weighted by atomic mass is 35.5. The van der Waals surface area contributed by atoms with Crippen molar-refractivity contribution in [3.05, 3.63) is 83.4 Å². The minimum Gasteiger partial charge on any atom is -0.466 e. The zero-order chi connectivity index (χ0) is 63.1. The minimum atomic E-state index is -0.234. The second-order valence-corrected chi connectivity index (χ2v) is 35.5. The second-order valence-electron chi connectivity index (χ2n) is 28.8. The smallest absolute Gasteiger partial charge is 0.309 e. The fourth-order valence-electron chi connectivity index (χ4n) is 17.5. The Balaban J connectivity index is 0.000000110. The van der Waals surface area contributed by atoms with E-state index in [1.54, 1.807) is 45.3 Å². The molecule has 8 aliphatic heterocycles. The van der Waals surface area contributed by atoms with Gasteiger partial charge in [-0.15, -0.1) is 45.3 Å². The lowest BCUT2D eigenvalue weighted by molar-refractivity contribution is -0.146. The molecule has 14 nitrogen and oxygen atoms in total. The van der Waals surface area contributed by atoms with Gasteiger partial charge in [0, 0.05) is 85.9 Å². The Morgan fingerprint density at radius 3 is 1.18 bits per heavy atom. The van der Waals surface area contributed by atoms with E-state index in [9.17, 15) is 9.59 Å². The topological polar surface area (TPSA) is 173 Å². The van der Waals surface area contributed by atoms with Crippen molar-refractivity contribution in [2.24, 2.45) is 34.8 Å². The second kappa shape index (κ2) is 26.7. The van der Waals surface area contributed by atoms with Gasteiger partial charge in [-0.25, -0.2) is 0 Å². The summed E-state index contributed by atoms with van der Waals surface area (Å²) in [5.41, 5.74) is 11.5. The molecular weight excluding hydrogens is 1300 g/mol. The van der Waals surface area contributed by atoms with Crippen molar-refractivity contribution < 1.29 is 42.7 Å². The minimum absolute atomic E-state index is 0.0102. The molecule has 16 rings (SSSR count). The third-order valence-corrected chi connectivity index (χ3v) is 27.9. The number of esters is 2. The predicted octanol–water partition coefficient (Wildman–Crippen LogP) is 13.6. The molecule has 8 fully saturated rings. The molecule has 4 aromatic heterocycles. The van der Waals surface area contributed by atoms with Crippen LogP contribution >= 0.6 is 91.8 Å². The first kappa shape index (κ1) is 67.1. The van der Waals surface area contributed by atoms with E-state index in [4.69, 9.17) is 85.3 Å². The van der Waals surface area contributed by atoms with Crippen LogP contribution in [0.15, 0.2) is 24.3 Å². The Hall–Kier alpha value is -1.50. The van der Waals surface area contributed by atoms with Crippen LogP contribution in [0.1, 0.15) is 173 Å². The third-order valence-electron chi connectivity index (χ3n) is 21.9. The molecule has 16 unspecified atom stereocenters. The molecule has 0 radical (unpaired) electrons. The first-order valence-electron chi connectivity index (χ1n) is 33.5. The first-order valence-corrected chi connectivity index (χ1v) is 38.3. The van der Waals surface area contributed by atoms with Gasteiger partial charge in [-0.2, -0.15) is 0 Å². The molecule has 90 heavy (non-hydrogen) atoms. The van der Waals surface area contributed by atoms with Crippen LogP contribution < -0.4 is 27.0 Å². The number of halogens is 4. The largest absolute Gasteiger partial charge is 0.466 e. The number of piperidine rings is 4. The van der Waals surface area contributed by atoms with Gasteiger partial charge in [-0.3, -0.25) is 9.59 Å². The summed E-state index contributed by atoms with van der Waals surface area (Å²) in [5.74, 6) is 0.766. The summed E-state index contributed by atoms with van der Waals surface area (Å²) in [6.45, 7) is 17.6. The van der Waals surface area contributed by atoms with Crippen molar-refractivity contribution in [1.29, 1.82) is 0 Å². The maximum absolute atomic E-state index is 12.0. The Bertz CT molecular complexity index is 3130. The van der Waals surface area contributed by atoms with Gasteiger partial charge in [0.1, 0.15) is 22.4 Å². The molecule has 0 aromatic carbocycles. The average Bonchev–Trinajstić information content (AvgIpc) is 1.56. The maximum atomic E-state index is 12.0. The molecular formula is C68H93Cl4N5O9S4. The van der Waals surface area contributed by atoms with Crippen LogP contribution in [0.5, 0.6) is 0 Å². The molecule has 4 saturated heterocycles. The number of hydrogen-bond acceptors (Lipinski definition) is 18. The van der Waals surface area contributed by atoms with Gasteiger partial charge in [-0.05, 0) is 215 Å². The Kier molecular flexibility index (Phi) is 19.9. The van der Waals surface area contributed by atoms with E-state index in [2.05, 4.69) is 73.2 Å². The monoisotopic (exact) mass is 1390 g/mol. The number of nitrogens with one attached hydrogen (secondary N) is 4. The van der Waals surface area contributed by atoms with Crippen LogP contribution in [0.25, 0.3) is 0 Å². The molecule has 4 saturated carbocycles. The number of fused-ring (bicyclic) bond motifs is 8. The van der Waals surface area contributed by atoms with Crippen molar-refractivity contribution in [2.45, 2.75) is 233 Å². The molecule has 0 bridgehead atoms. The van der Waals surface area contributed by atoms with Crippen molar-refractivity contribution >= 4 is 104 Å². The van der Waals surface area contributed by atoms with E-state index >= 15 is 0 Å². The van der Waals surface area contributed by atoms with Gasteiger partial charge in [-0.1, -0.05) is 46.4 Å². The number of carbonyl (C=O) groups is 2. The Morgan fingerprint density at radius 1 is 0.511 bits per heavy atom. The summed E-state index contributed by atoms with van der Waals surface area (Å²) in [6, 6.07) is 11.5. The summed E-state index contributed by atoms with van der Waals surface area (Å²) >= 11 is 31.9. The van der Waals surface area contributed by atoms with E-state index in [0.29, 0.717) is 78.8 Å². The number of rotatable bonds is 10. The standard InChI is InChI=1S/2C18H24ClNO3S.C17H24ClNO2S.C15H21ClN2OS/c2*1-3-22-17(21)13-7-12(13)14-9-18(8-10(2)20-14)16-11(4-5-23-18)6-15(19)24-16;1-11-8-17(9-13(19-11)16(4-5-16)10-20-2)15-12(3-6-21-17)7-14(18)22-15;1-9-7-15(8-11(18-9)14(17)3-4-14)13-10(2-5-19-15)6-12(16)20-13/h2*6,10,12-14,20H,3-5,7-9H2,1-2H3;7,11,13,19H,3-6,8-10H2,1-2H3;6,9,11,18H,2-5,7-8,17H2,1H3. The highest BCUT2D eigenvalue weighted by Gasteiger charge is 2.59. The molecule has 496 valence electrons. The number of thiophene rings is 4. The van der Waals surface area contributed by atoms with E-state index in [-0.39, 0.29) is 51.7 Å². The number of ether oxygens (including phenoxy) is 7. The van der Waals surface area contributed by atoms with Gasteiger partial charge in [0.05, 0.1) is 75.4 Å². The Labute approximate surface area is 568 Å². The Morgan fingerprint density at radius 2 is 0.844 bits per heavy atom. The lowest BCUT2D eigenvalue weighted by atomic mass is 9.75. The molecule has 22 heteroatoms. The zero-order valence-electron chi connectivity index (χ0n) is 53.3. The summed E-state index contributed by atoms with van der Waals surface area (Å²) in [5, 5.41) is 14.9. The summed E-state index contributed by atoms with van der Waals surface area (Å²) in [4.78, 5) is 29.4. The highest BCUT2D eigenvalue weighted by molar-refractivity contribution is 7.17. The molecule has 12 heterocycles. The summed E-state index contributed by atoms with van der Waals surface area (Å²) in [6.07, 6.45) is 18.4. The quantitative estimate of drug-likeness (QED) is 0.0950. The van der Waals surface area contributed by atoms with Crippen LogP contribution in [-0.2, 0) is 90.8 Å². The molecule has 4 aromatic rings. The van der Waals surface area contributed by atoms with Gasteiger partial charge in [0.25, 0.3) is 0 Å². The fourth-order valence-corrected chi connectivity index (χ4v) is 23.4. The van der Waals surface area contributed by atoms with Gasteiger partial charge < -0.3 is 60.2 Å². The maximum Gasteiger partial charge on any atom is 0.309 e. The number of hydrogen-bond donors (Lipinski definition) is 5. The molecule has 4 aliphatic carbocycles. The van der Waals surface area contributed by atoms with E-state index in [1.165, 1.54) is 54.6 Å². The average molecular weight is 1390 g/mol.